The highest BCUT2D eigenvalue weighted by atomic mass is 16.6. The molecule has 6 N–H and O–H groups in total. The number of esters is 1. The number of aliphatic hydroxyl groups is 3. The van der Waals surface area contributed by atoms with Gasteiger partial charge in [-0.2, -0.15) is 0 Å². The number of aliphatic hydroxyl groups excluding tert-OH is 3. The third-order valence-corrected chi connectivity index (χ3v) is 8.26. The first-order valence-corrected chi connectivity index (χ1v) is 15.1. The van der Waals surface area contributed by atoms with Gasteiger partial charge in [-0.25, -0.2) is 14.4 Å². The average Bonchev–Trinajstić information content (AvgIpc) is 3.40. The molecule has 5 rings (SSSR count). The van der Waals surface area contributed by atoms with Crippen LogP contribution in [0.15, 0.2) is 78.9 Å². The van der Waals surface area contributed by atoms with Crippen LogP contribution in [0.3, 0.4) is 0 Å². The first-order chi connectivity index (χ1) is 22.6. The van der Waals surface area contributed by atoms with Gasteiger partial charge in [-0.15, -0.1) is 0 Å². The van der Waals surface area contributed by atoms with Gasteiger partial charge in [-0.3, -0.25) is 4.79 Å². The second-order valence-electron chi connectivity index (χ2n) is 11.4. The van der Waals surface area contributed by atoms with Crippen molar-refractivity contribution in [3.63, 3.8) is 0 Å². The zero-order valence-electron chi connectivity index (χ0n) is 25.2. The van der Waals surface area contributed by atoms with Gasteiger partial charge >= 0.3 is 18.0 Å². The molecule has 248 valence electrons. The van der Waals surface area contributed by atoms with Crippen molar-refractivity contribution in [3.8, 4) is 11.1 Å². The fraction of sp³-hybridized carbons (Fsp3) is 0.353. The molecule has 2 aliphatic rings. The van der Waals surface area contributed by atoms with E-state index < -0.39 is 67.0 Å². The first kappa shape index (κ1) is 33.5. The van der Waals surface area contributed by atoms with Gasteiger partial charge in [-0.05, 0) is 34.2 Å². The number of carboxylic acid groups (broad SMARTS) is 1. The van der Waals surface area contributed by atoms with E-state index in [9.17, 15) is 39.6 Å². The van der Waals surface area contributed by atoms with Crippen LogP contribution >= 0.6 is 0 Å². The lowest BCUT2D eigenvalue weighted by molar-refractivity contribution is -0.226. The Morgan fingerprint density at radius 1 is 0.787 bits per heavy atom. The summed E-state index contributed by atoms with van der Waals surface area (Å²) < 4.78 is 16.2. The van der Waals surface area contributed by atoms with Crippen molar-refractivity contribution < 1.29 is 53.8 Å². The Labute approximate surface area is 270 Å². The molecule has 13 nitrogen and oxygen atoms in total. The molecule has 0 saturated carbocycles. The fourth-order valence-corrected chi connectivity index (χ4v) is 5.76. The van der Waals surface area contributed by atoms with Crippen molar-refractivity contribution in [3.05, 3.63) is 95.6 Å². The number of hydrogen-bond donors (Lipinski definition) is 6. The lowest BCUT2D eigenvalue weighted by Crippen LogP contribution is -2.61. The zero-order valence-corrected chi connectivity index (χ0v) is 25.2. The number of carboxylic acids is 1. The van der Waals surface area contributed by atoms with Gasteiger partial charge in [0.25, 0.3) is 0 Å². The molecule has 0 radical (unpaired) electrons. The smallest absolute Gasteiger partial charge is 0.407 e. The molecule has 0 unspecified atom stereocenters. The minimum absolute atomic E-state index is 0.00767. The second-order valence-corrected chi connectivity index (χ2v) is 11.4. The summed E-state index contributed by atoms with van der Waals surface area (Å²) in [5, 5.41) is 44.3. The molecule has 2 amide bonds. The molecule has 1 fully saturated rings. The molecule has 0 bridgehead atoms. The van der Waals surface area contributed by atoms with Crippen LogP contribution in [0.4, 0.5) is 4.79 Å². The minimum Gasteiger partial charge on any atom is -0.479 e. The number of nitrogens with one attached hydrogen (secondary N) is 2. The molecule has 0 spiro atoms. The SMILES string of the molecule is O=C(CC[C@H](NC(=O)OCC1c2ccccc2-c2ccccc21)C(=O)OCc1ccccc1)NC[C@@H]1O[C@H](C(=O)O)[C@@H](O)[C@H](O)[C@H]1O. The minimum atomic E-state index is -1.86. The molecular formula is C34H36N2O11. The van der Waals surface area contributed by atoms with E-state index >= 15 is 0 Å². The standard InChI is InChI=1S/C34H36N2O11/c37-27(35-16-26-28(38)29(39)30(40)31(47-26)32(41)42)15-14-25(33(43)45-17-19-8-2-1-3-9-19)36-34(44)46-18-24-22-12-6-4-10-20(22)21-11-5-7-13-23(21)24/h1-13,24-26,28-31,38-40H,14-18H2,(H,35,37)(H,36,44)(H,41,42)/t25-,26-,28-,29+,30-,31-/m0/s1. The molecule has 1 saturated heterocycles. The summed E-state index contributed by atoms with van der Waals surface area (Å²) in [6.07, 6.45) is -9.82. The maximum atomic E-state index is 13.1. The maximum absolute atomic E-state index is 13.1. The van der Waals surface area contributed by atoms with Gasteiger partial charge in [-0.1, -0.05) is 78.9 Å². The average molecular weight is 649 g/mol. The van der Waals surface area contributed by atoms with E-state index in [1.165, 1.54) is 0 Å². The Morgan fingerprint density at radius 2 is 1.40 bits per heavy atom. The Hall–Kier alpha value is -4.82. The normalized spacial score (nSPS) is 22.3. The third-order valence-electron chi connectivity index (χ3n) is 8.26. The van der Waals surface area contributed by atoms with Gasteiger partial charge < -0.3 is 45.3 Å². The number of benzene rings is 3. The van der Waals surface area contributed by atoms with Gasteiger partial charge in [0.2, 0.25) is 5.91 Å². The van der Waals surface area contributed by atoms with E-state index in [0.29, 0.717) is 0 Å². The van der Waals surface area contributed by atoms with Gasteiger partial charge in [0.15, 0.2) is 6.10 Å². The highest BCUT2D eigenvalue weighted by Crippen LogP contribution is 2.44. The Morgan fingerprint density at radius 3 is 2.04 bits per heavy atom. The Balaban J connectivity index is 1.19. The number of carbonyl (C=O) groups is 4. The molecule has 47 heavy (non-hydrogen) atoms. The van der Waals surface area contributed by atoms with E-state index in [2.05, 4.69) is 10.6 Å². The van der Waals surface area contributed by atoms with Crippen LogP contribution in [0.1, 0.15) is 35.4 Å². The van der Waals surface area contributed by atoms with Crippen molar-refractivity contribution in [2.24, 2.45) is 0 Å². The van der Waals surface area contributed by atoms with Crippen molar-refractivity contribution in [1.29, 1.82) is 0 Å². The van der Waals surface area contributed by atoms with E-state index in [4.69, 9.17) is 14.2 Å². The number of amides is 2. The van der Waals surface area contributed by atoms with Crippen LogP contribution in [0.25, 0.3) is 11.1 Å². The maximum Gasteiger partial charge on any atom is 0.407 e. The van der Waals surface area contributed by atoms with Gasteiger partial charge in [0.1, 0.15) is 43.7 Å². The van der Waals surface area contributed by atoms with Crippen molar-refractivity contribution in [2.75, 3.05) is 13.2 Å². The summed E-state index contributed by atoms with van der Waals surface area (Å²) in [6, 6.07) is 23.3. The van der Waals surface area contributed by atoms with Crippen molar-refractivity contribution in [1.82, 2.24) is 10.6 Å². The predicted molar refractivity (Wildman–Crippen MR) is 165 cm³/mol. The van der Waals surface area contributed by atoms with Gasteiger partial charge in [0, 0.05) is 18.9 Å². The molecule has 3 aromatic carbocycles. The van der Waals surface area contributed by atoms with Crippen LogP contribution in [0.5, 0.6) is 0 Å². The number of alkyl carbamates (subject to hydrolysis) is 1. The number of rotatable bonds is 12. The second kappa shape index (κ2) is 15.2. The molecular weight excluding hydrogens is 612 g/mol. The summed E-state index contributed by atoms with van der Waals surface area (Å²) in [4.78, 5) is 50.1. The summed E-state index contributed by atoms with van der Waals surface area (Å²) in [5.41, 5.74) is 4.86. The molecule has 0 aromatic heterocycles. The monoisotopic (exact) mass is 648 g/mol. The van der Waals surface area contributed by atoms with Crippen LogP contribution in [-0.4, -0.2) is 94.1 Å². The van der Waals surface area contributed by atoms with Crippen LogP contribution < -0.4 is 10.6 Å². The third kappa shape index (κ3) is 7.95. The first-order valence-electron chi connectivity index (χ1n) is 15.1. The molecule has 1 aliphatic heterocycles. The Kier molecular flexibility index (Phi) is 10.8. The van der Waals surface area contributed by atoms with E-state index in [0.717, 1.165) is 27.8 Å². The molecule has 1 heterocycles. The van der Waals surface area contributed by atoms with E-state index in [1.54, 1.807) is 24.3 Å². The Bertz CT molecular complexity index is 1540. The predicted octanol–water partition coefficient (Wildman–Crippen LogP) is 1.47. The summed E-state index contributed by atoms with van der Waals surface area (Å²) in [6.45, 7) is -0.450. The number of fused-ring (bicyclic) bond motifs is 3. The highest BCUT2D eigenvalue weighted by molar-refractivity contribution is 5.83. The molecule has 13 heteroatoms. The molecule has 6 atom stereocenters. The van der Waals surface area contributed by atoms with Crippen LogP contribution in [0, 0.1) is 0 Å². The lowest BCUT2D eigenvalue weighted by atomic mass is 9.95. The summed E-state index contributed by atoms with van der Waals surface area (Å²) >= 11 is 0. The molecule has 3 aromatic rings. The van der Waals surface area contributed by atoms with Gasteiger partial charge in [0.05, 0.1) is 0 Å². The lowest BCUT2D eigenvalue weighted by Gasteiger charge is -2.38. The summed E-state index contributed by atoms with van der Waals surface area (Å²) in [5.74, 6) is -3.16. The quantitative estimate of drug-likeness (QED) is 0.155. The molecule has 1 aliphatic carbocycles. The van der Waals surface area contributed by atoms with E-state index in [1.807, 2.05) is 54.6 Å². The summed E-state index contributed by atoms with van der Waals surface area (Å²) in [7, 11) is 0. The van der Waals surface area contributed by atoms with Crippen LogP contribution in [0.2, 0.25) is 0 Å². The fourth-order valence-electron chi connectivity index (χ4n) is 5.76. The highest BCUT2D eigenvalue weighted by Gasteiger charge is 2.46. The number of carbonyl (C=O) groups excluding carboxylic acids is 3. The topological polar surface area (TPSA) is 201 Å². The van der Waals surface area contributed by atoms with E-state index in [-0.39, 0.29) is 32.0 Å². The number of hydrogen-bond acceptors (Lipinski definition) is 10. The van der Waals surface area contributed by atoms with Crippen molar-refractivity contribution >= 4 is 23.9 Å². The number of ether oxygens (including phenoxy) is 3. The zero-order chi connectivity index (χ0) is 33.5. The number of aliphatic carboxylic acids is 1. The van der Waals surface area contributed by atoms with Crippen LogP contribution in [-0.2, 0) is 35.2 Å². The largest absolute Gasteiger partial charge is 0.479 e. The van der Waals surface area contributed by atoms with Crippen molar-refractivity contribution in [2.45, 2.75) is 61.9 Å².